The minimum Gasteiger partial charge on any atom is -0.520 e. The van der Waals surface area contributed by atoms with Crippen LogP contribution in [0.2, 0.25) is 0 Å². The molecule has 0 unspecified atom stereocenters. The van der Waals surface area contributed by atoms with E-state index >= 15 is 0 Å². The largest absolute Gasteiger partial charge is 0.520 e. The van der Waals surface area contributed by atoms with E-state index in [9.17, 15) is 9.59 Å². The Morgan fingerprint density at radius 3 is 1.43 bits per heavy atom. The first kappa shape index (κ1) is 24.7. The van der Waals surface area contributed by atoms with E-state index in [4.69, 9.17) is 0 Å². The number of carbonyl (C=O) groups excluding carboxylic acids is 2. The van der Waals surface area contributed by atoms with Gasteiger partial charge >= 0.3 is 0 Å². The molecule has 9 heteroatoms. The summed E-state index contributed by atoms with van der Waals surface area (Å²) in [6.45, 7) is 13.7. The average Bonchev–Trinajstić information content (AvgIpc) is 2.55. The van der Waals surface area contributed by atoms with Gasteiger partial charge in [0.15, 0.2) is 0 Å². The van der Waals surface area contributed by atoms with E-state index in [1.807, 2.05) is 0 Å². The molecule has 0 saturated heterocycles. The molecule has 0 aromatic rings. The van der Waals surface area contributed by atoms with Crippen LogP contribution >= 0.6 is 0 Å². The molecule has 0 fully saturated rings. The molecule has 0 aliphatic carbocycles. The van der Waals surface area contributed by atoms with Gasteiger partial charge in [0.25, 0.3) is 0 Å². The Kier molecular flexibility index (Phi) is 22.6. The van der Waals surface area contributed by atoms with E-state index in [2.05, 4.69) is 45.9 Å². The van der Waals surface area contributed by atoms with Crippen LogP contribution in [0.4, 0.5) is 0 Å². The topological polar surface area (TPSA) is 77.5 Å². The summed E-state index contributed by atoms with van der Waals surface area (Å²) in [5.74, 6) is 0. The third-order valence-corrected chi connectivity index (χ3v) is 1.58. The molecule has 8 nitrogen and oxygen atoms in total. The Bertz CT molecular complexity index is 306. The van der Waals surface area contributed by atoms with Crippen LogP contribution in [0.3, 0.4) is 0 Å². The normalized spacial score (nSPS) is 8.35. The van der Waals surface area contributed by atoms with Crippen LogP contribution in [0.5, 0.6) is 0 Å². The Morgan fingerprint density at radius 2 is 1.22 bits per heavy atom. The molecule has 0 aliphatic heterocycles. The molecule has 0 atom stereocenters. The Hall–Kier alpha value is -3.26. The number of nitrogens with zero attached hydrogens (tertiary/aromatic N) is 2. The first-order valence-electron chi connectivity index (χ1n) is 5.94. The van der Waals surface area contributed by atoms with Crippen LogP contribution in [0.15, 0.2) is 50.9 Å². The summed E-state index contributed by atoms with van der Waals surface area (Å²) in [6.07, 6.45) is 8.79. The van der Waals surface area contributed by atoms with Crippen LogP contribution in [0.25, 0.3) is 0 Å². The van der Waals surface area contributed by atoms with Crippen molar-refractivity contribution in [2.75, 3.05) is 26.7 Å². The van der Waals surface area contributed by atoms with Crippen LogP contribution in [-0.2, 0) is 29.1 Å². The zero-order valence-corrected chi connectivity index (χ0v) is 19.4. The van der Waals surface area contributed by atoms with Crippen molar-refractivity contribution in [2.24, 2.45) is 0 Å². The fourth-order valence-electron chi connectivity index (χ4n) is 0.633. The molecule has 0 spiro atoms. The van der Waals surface area contributed by atoms with E-state index < -0.39 is 0 Å². The zero-order valence-electron chi connectivity index (χ0n) is 13.0. The van der Waals surface area contributed by atoms with Crippen molar-refractivity contribution in [3.8, 4) is 0 Å². The van der Waals surface area contributed by atoms with Crippen LogP contribution in [0.1, 0.15) is 0 Å². The molecule has 0 rings (SSSR count). The fraction of sp³-hybridized carbons (Fsp3) is 0.286. The SMILES string of the molecule is C=CCOOCN([C-]=O)COOCC=C.C=CN([C-]=O)C=C.[Rf]. The van der Waals surface area contributed by atoms with Gasteiger partial charge in [-0.05, 0) is 0 Å². The number of amides is 2. The van der Waals surface area contributed by atoms with Gasteiger partial charge < -0.3 is 19.4 Å². The molecular weight excluding hydrogens is 559 g/mol. The molecule has 0 bridgehead atoms. The summed E-state index contributed by atoms with van der Waals surface area (Å²) in [6, 6.07) is 0. The molecule has 0 N–H and O–H groups in total. The first-order valence-corrected chi connectivity index (χ1v) is 5.94. The van der Waals surface area contributed by atoms with E-state index in [1.54, 1.807) is 12.8 Å². The quantitative estimate of drug-likeness (QED) is 0.0586. The van der Waals surface area contributed by atoms with Crippen molar-refractivity contribution in [1.29, 1.82) is 0 Å². The number of hydrogen-bond acceptors (Lipinski definition) is 6. The maximum absolute atomic E-state index is 10.3. The summed E-state index contributed by atoms with van der Waals surface area (Å²) in [4.78, 5) is 40.5. The molecule has 0 aliphatic rings. The number of hydrogen-bond donors (Lipinski definition) is 0. The van der Waals surface area contributed by atoms with Gasteiger partial charge in [-0.3, -0.25) is 0 Å². The van der Waals surface area contributed by atoms with Gasteiger partial charge in [0.1, 0.15) is 33.1 Å². The molecule has 0 saturated carbocycles. The van der Waals surface area contributed by atoms with Gasteiger partial charge in [0, 0.05) is 0 Å². The summed E-state index contributed by atoms with van der Waals surface area (Å²) in [7, 11) is 0. The second-order valence-corrected chi connectivity index (χ2v) is 3.14. The molecule has 23 heavy (non-hydrogen) atoms. The minimum absolute atomic E-state index is 0. The second kappa shape index (κ2) is 21.0. The van der Waals surface area contributed by atoms with Crippen LogP contribution < -0.4 is 0 Å². The smallest absolute Gasteiger partial charge is 0.148 e. The second-order valence-electron chi connectivity index (χ2n) is 3.14. The summed E-state index contributed by atoms with van der Waals surface area (Å²) in [5.41, 5.74) is 0. The van der Waals surface area contributed by atoms with E-state index in [0.717, 1.165) is 9.80 Å². The predicted octanol–water partition coefficient (Wildman–Crippen LogP) is 1.18. The third kappa shape index (κ3) is 18.7. The predicted molar refractivity (Wildman–Crippen MR) is 79.7 cm³/mol. The van der Waals surface area contributed by atoms with Crippen molar-refractivity contribution in [1.82, 2.24) is 9.80 Å². The Labute approximate surface area is 130 Å². The van der Waals surface area contributed by atoms with Gasteiger partial charge in [0.2, 0.25) is 0 Å². The molecular formula is C14H20N2O6Rf-2. The van der Waals surface area contributed by atoms with Crippen molar-refractivity contribution < 1.29 is 29.1 Å². The monoisotopic (exact) mass is 579 g/mol. The standard InChI is InChI=1S/C9H14NO5.C5H6NO.Rf/c1-3-5-12-14-8-10(7-11)9-15-13-6-4-2;1-3-6(4-2)5-7;/h3-4H,1-2,5-6,8-9H2;3-4H,1-2H2;/q2*-1;. The van der Waals surface area contributed by atoms with Crippen molar-refractivity contribution in [2.45, 2.75) is 0 Å². The van der Waals surface area contributed by atoms with E-state index in [1.165, 1.54) is 24.6 Å². The van der Waals surface area contributed by atoms with Gasteiger partial charge in [-0.25, -0.2) is 19.6 Å². The molecule has 0 aromatic carbocycles. The van der Waals surface area contributed by atoms with E-state index in [-0.39, 0.29) is 26.7 Å². The summed E-state index contributed by atoms with van der Waals surface area (Å²) >= 11 is 0. The maximum atomic E-state index is 10.3. The number of rotatable bonds is 14. The van der Waals surface area contributed by atoms with Gasteiger partial charge in [-0.2, -0.15) is 6.41 Å². The van der Waals surface area contributed by atoms with Crippen molar-refractivity contribution in [3.63, 3.8) is 0 Å². The summed E-state index contributed by atoms with van der Waals surface area (Å²) in [5, 5.41) is 0. The average molecular weight is 579 g/mol. The molecule has 0 heterocycles. The minimum atomic E-state index is -0.102. The molecule has 2 amide bonds. The van der Waals surface area contributed by atoms with Crippen molar-refractivity contribution in [3.05, 3.63) is 50.9 Å². The maximum Gasteiger partial charge on any atom is 0.148 e. The van der Waals surface area contributed by atoms with Crippen LogP contribution in [0, 0.1) is 0 Å². The zero-order chi connectivity index (χ0) is 17.1. The molecule has 0 aromatic heterocycles. The van der Waals surface area contributed by atoms with Gasteiger partial charge in [-0.15, -0.1) is 38.7 Å². The van der Waals surface area contributed by atoms with Gasteiger partial charge in [0.05, 0.1) is 0 Å². The Morgan fingerprint density at radius 1 is 0.783 bits per heavy atom. The first-order chi connectivity index (χ1) is 10.7. The van der Waals surface area contributed by atoms with Gasteiger partial charge in [-0.1, -0.05) is 12.2 Å². The summed E-state index contributed by atoms with van der Waals surface area (Å²) < 4.78 is 0. The van der Waals surface area contributed by atoms with E-state index in [0.29, 0.717) is 0 Å². The third-order valence-electron chi connectivity index (χ3n) is 1.58. The fourth-order valence-corrected chi connectivity index (χ4v) is 0.633. The Balaban J connectivity index is -0.000000425. The molecule has 0 radical (unpaired) electrons. The molecule has 126 valence electrons. The van der Waals surface area contributed by atoms with Crippen LogP contribution in [-0.4, -0.2) is 49.3 Å². The van der Waals surface area contributed by atoms with Crippen molar-refractivity contribution >= 4 is 12.8 Å².